The summed E-state index contributed by atoms with van der Waals surface area (Å²) in [4.78, 5) is 11.3. The van der Waals surface area contributed by atoms with Crippen LogP contribution >= 0.6 is 24.2 Å². The molecule has 0 amide bonds. The topological polar surface area (TPSA) is 46.8 Å². The first-order chi connectivity index (χ1) is 12.0. The number of fused-ring (bicyclic) bond motifs is 1. The number of benzene rings is 1. The Balaban J connectivity index is 1.62. The minimum absolute atomic E-state index is 0.0912. The molecule has 8 heteroatoms. The first-order valence-electron chi connectivity index (χ1n) is 8.10. The second-order valence-corrected chi connectivity index (χ2v) is 7.39. The smallest absolute Gasteiger partial charge is 0.179 e. The van der Waals surface area contributed by atoms with Crippen LogP contribution in [0, 0.1) is 12.7 Å². The molecule has 1 aliphatic heterocycles. The number of nitrogens with zero attached hydrogens (tertiary/aromatic N) is 5. The summed E-state index contributed by atoms with van der Waals surface area (Å²) in [7, 11) is 0. The lowest BCUT2D eigenvalue weighted by molar-refractivity contribution is 0.157. The van der Waals surface area contributed by atoms with Crippen molar-refractivity contribution in [2.75, 3.05) is 6.54 Å². The molecule has 0 bridgehead atoms. The number of aromatic nitrogens is 4. The second kappa shape index (κ2) is 6.51. The van der Waals surface area contributed by atoms with Crippen molar-refractivity contribution < 1.29 is 4.39 Å². The largest absolute Gasteiger partial charge is 0.323 e. The molecule has 1 aliphatic rings. The highest BCUT2D eigenvalue weighted by Crippen LogP contribution is 2.37. The van der Waals surface area contributed by atoms with Crippen LogP contribution in [0.25, 0.3) is 10.8 Å². The standard InChI is InChI=1S/C17H18FN5S2/c1-10-14-9-19-15(16-20-11(2)21-25-16)23(14)8-7-22(10)17(24)12-3-5-13(18)6-4-12/h3-6,9-10,17,24H,7-8H2,1-2H3/t10-,17-/m1/s1. The molecule has 0 spiro atoms. The van der Waals surface area contributed by atoms with Crippen LogP contribution in [0.15, 0.2) is 30.5 Å². The number of aryl methyl sites for hydroxylation is 1. The van der Waals surface area contributed by atoms with E-state index in [4.69, 9.17) is 12.6 Å². The van der Waals surface area contributed by atoms with Crippen LogP contribution < -0.4 is 0 Å². The maximum Gasteiger partial charge on any atom is 0.179 e. The van der Waals surface area contributed by atoms with Gasteiger partial charge in [0.05, 0.1) is 23.3 Å². The molecular weight excluding hydrogens is 357 g/mol. The third-order valence-electron chi connectivity index (χ3n) is 4.59. The van der Waals surface area contributed by atoms with Gasteiger partial charge in [-0.3, -0.25) is 4.90 Å². The summed E-state index contributed by atoms with van der Waals surface area (Å²) >= 11 is 6.16. The van der Waals surface area contributed by atoms with Gasteiger partial charge in [-0.15, -0.1) is 0 Å². The molecule has 2 aromatic heterocycles. The average Bonchev–Trinajstić information content (AvgIpc) is 3.21. The van der Waals surface area contributed by atoms with Gasteiger partial charge in [0.25, 0.3) is 0 Å². The normalized spacial score (nSPS) is 19.0. The van der Waals surface area contributed by atoms with Crippen molar-refractivity contribution >= 4 is 24.2 Å². The van der Waals surface area contributed by atoms with E-state index >= 15 is 0 Å². The predicted molar refractivity (Wildman–Crippen MR) is 99.1 cm³/mol. The van der Waals surface area contributed by atoms with Gasteiger partial charge in [0, 0.05) is 13.1 Å². The molecule has 0 unspecified atom stereocenters. The molecule has 3 aromatic rings. The summed E-state index contributed by atoms with van der Waals surface area (Å²) in [6.07, 6.45) is 1.91. The Bertz CT molecular complexity index is 889. The number of rotatable bonds is 3. The lowest BCUT2D eigenvalue weighted by Gasteiger charge is -2.38. The van der Waals surface area contributed by atoms with Crippen LogP contribution in [-0.4, -0.2) is 30.4 Å². The molecule has 4 rings (SSSR count). The van der Waals surface area contributed by atoms with E-state index in [0.717, 1.165) is 41.0 Å². The van der Waals surface area contributed by atoms with Gasteiger partial charge in [-0.25, -0.2) is 14.4 Å². The maximum absolute atomic E-state index is 13.2. The van der Waals surface area contributed by atoms with Crippen molar-refractivity contribution in [3.8, 4) is 10.8 Å². The zero-order valence-electron chi connectivity index (χ0n) is 13.9. The third-order valence-corrected chi connectivity index (χ3v) is 5.99. The van der Waals surface area contributed by atoms with Gasteiger partial charge in [-0.05, 0) is 43.1 Å². The quantitative estimate of drug-likeness (QED) is 0.707. The van der Waals surface area contributed by atoms with E-state index in [1.165, 1.54) is 23.7 Å². The Kier molecular flexibility index (Phi) is 4.35. The van der Waals surface area contributed by atoms with Crippen LogP contribution in [0.1, 0.15) is 35.4 Å². The summed E-state index contributed by atoms with van der Waals surface area (Å²) in [5.41, 5.74) is 2.12. The molecule has 25 heavy (non-hydrogen) atoms. The Morgan fingerprint density at radius 3 is 2.72 bits per heavy atom. The van der Waals surface area contributed by atoms with Crippen molar-refractivity contribution in [1.82, 2.24) is 23.8 Å². The van der Waals surface area contributed by atoms with Gasteiger partial charge in [-0.2, -0.15) is 17.0 Å². The minimum atomic E-state index is -0.231. The van der Waals surface area contributed by atoms with Crippen LogP contribution in [0.2, 0.25) is 0 Å². The van der Waals surface area contributed by atoms with E-state index in [1.807, 2.05) is 13.1 Å². The fourth-order valence-electron chi connectivity index (χ4n) is 3.26. The number of imidazole rings is 1. The highest BCUT2D eigenvalue weighted by atomic mass is 32.1. The first-order valence-corrected chi connectivity index (χ1v) is 9.39. The SMILES string of the molecule is Cc1nsc(-c2ncc3n2CCN([C@H](S)c2ccc(F)cc2)[C@@H]3C)n1. The number of hydrogen-bond donors (Lipinski definition) is 1. The molecule has 0 saturated carbocycles. The summed E-state index contributed by atoms with van der Waals surface area (Å²) in [6, 6.07) is 6.69. The van der Waals surface area contributed by atoms with E-state index < -0.39 is 0 Å². The van der Waals surface area contributed by atoms with E-state index in [9.17, 15) is 4.39 Å². The molecule has 3 heterocycles. The fourth-order valence-corrected chi connectivity index (χ4v) is 4.42. The molecule has 0 radical (unpaired) electrons. The van der Waals surface area contributed by atoms with E-state index in [-0.39, 0.29) is 17.2 Å². The van der Waals surface area contributed by atoms with Crippen molar-refractivity contribution in [3.63, 3.8) is 0 Å². The van der Waals surface area contributed by atoms with Gasteiger partial charge in [0.2, 0.25) is 0 Å². The number of thiol groups is 1. The molecule has 130 valence electrons. The van der Waals surface area contributed by atoms with Gasteiger partial charge >= 0.3 is 0 Å². The van der Waals surface area contributed by atoms with E-state index in [2.05, 4.69) is 30.7 Å². The van der Waals surface area contributed by atoms with Crippen molar-refractivity contribution in [1.29, 1.82) is 0 Å². The number of hydrogen-bond acceptors (Lipinski definition) is 6. The van der Waals surface area contributed by atoms with Gasteiger partial charge < -0.3 is 4.57 Å². The van der Waals surface area contributed by atoms with Crippen molar-refractivity contribution in [2.24, 2.45) is 0 Å². The molecule has 0 aliphatic carbocycles. The lowest BCUT2D eigenvalue weighted by atomic mass is 10.1. The average molecular weight is 375 g/mol. The molecule has 2 atom stereocenters. The molecule has 0 saturated heterocycles. The Labute approximate surface area is 155 Å². The monoisotopic (exact) mass is 375 g/mol. The Morgan fingerprint density at radius 1 is 1.28 bits per heavy atom. The summed E-state index contributed by atoms with van der Waals surface area (Å²) in [5.74, 6) is 1.42. The maximum atomic E-state index is 13.2. The molecular formula is C17H18FN5S2. The van der Waals surface area contributed by atoms with E-state index in [0.29, 0.717) is 0 Å². The zero-order chi connectivity index (χ0) is 17.6. The van der Waals surface area contributed by atoms with Crippen LogP contribution in [0.3, 0.4) is 0 Å². The van der Waals surface area contributed by atoms with Gasteiger partial charge in [0.15, 0.2) is 10.8 Å². The molecule has 1 aromatic carbocycles. The van der Waals surface area contributed by atoms with Crippen molar-refractivity contribution in [2.45, 2.75) is 31.8 Å². The minimum Gasteiger partial charge on any atom is -0.323 e. The predicted octanol–water partition coefficient (Wildman–Crippen LogP) is 3.85. The third kappa shape index (κ3) is 2.98. The Hall–Kier alpha value is -1.77. The highest BCUT2D eigenvalue weighted by molar-refractivity contribution is 7.80. The van der Waals surface area contributed by atoms with Gasteiger partial charge in [0.1, 0.15) is 11.6 Å². The second-order valence-electron chi connectivity index (χ2n) is 6.14. The fraction of sp³-hybridized carbons (Fsp3) is 0.353. The molecule has 5 nitrogen and oxygen atoms in total. The van der Waals surface area contributed by atoms with Crippen LogP contribution in [0.5, 0.6) is 0 Å². The van der Waals surface area contributed by atoms with E-state index in [1.54, 1.807) is 12.1 Å². The van der Waals surface area contributed by atoms with Crippen LogP contribution in [0.4, 0.5) is 4.39 Å². The summed E-state index contributed by atoms with van der Waals surface area (Å²) < 4.78 is 19.6. The summed E-state index contributed by atoms with van der Waals surface area (Å²) in [6.45, 7) is 5.68. The van der Waals surface area contributed by atoms with Crippen LogP contribution in [-0.2, 0) is 6.54 Å². The zero-order valence-corrected chi connectivity index (χ0v) is 15.6. The van der Waals surface area contributed by atoms with Gasteiger partial charge in [-0.1, -0.05) is 12.1 Å². The summed E-state index contributed by atoms with van der Waals surface area (Å²) in [5, 5.41) is 0.761. The lowest BCUT2D eigenvalue weighted by Crippen LogP contribution is -2.37. The molecule has 0 fully saturated rings. The number of halogens is 1. The Morgan fingerprint density at radius 2 is 2.04 bits per heavy atom. The molecule has 0 N–H and O–H groups in total. The first kappa shape index (κ1) is 16.7. The highest BCUT2D eigenvalue weighted by Gasteiger charge is 2.31. The van der Waals surface area contributed by atoms with Crippen molar-refractivity contribution in [3.05, 3.63) is 53.4 Å².